The van der Waals surface area contributed by atoms with Crippen molar-refractivity contribution in [3.8, 4) is 11.5 Å². The molecule has 0 saturated carbocycles. The molecule has 5 atom stereocenters. The lowest BCUT2D eigenvalue weighted by Gasteiger charge is -2.47. The fourth-order valence-electron chi connectivity index (χ4n) is 2.76. The molecule has 2 aliphatic rings. The van der Waals surface area contributed by atoms with Crippen LogP contribution in [-0.2, 0) is 15.9 Å². The summed E-state index contributed by atoms with van der Waals surface area (Å²) in [6.07, 6.45) is -15.3. The molecule has 0 spiro atoms. The van der Waals surface area contributed by atoms with Gasteiger partial charge in [-0.15, -0.1) is 0 Å². The van der Waals surface area contributed by atoms with Crippen LogP contribution >= 0.6 is 0 Å². The Hall–Kier alpha value is -1.79. The predicted octanol–water partition coefficient (Wildman–Crippen LogP) is 3.56. The summed E-state index contributed by atoms with van der Waals surface area (Å²) < 4.78 is 202. The highest BCUT2D eigenvalue weighted by atomic mass is 16.5. The highest BCUT2D eigenvalue weighted by Crippen LogP contribution is 2.44. The molecule has 0 bridgehead atoms. The number of rotatable bonds is 7. The van der Waals surface area contributed by atoms with Gasteiger partial charge in [0.15, 0.2) is 11.5 Å². The first kappa shape index (κ1) is 7.66. The number of ether oxygens (including phenoxy) is 3. The van der Waals surface area contributed by atoms with E-state index in [0.29, 0.717) is 19.1 Å². The molecule has 0 radical (unpaired) electrons. The van der Waals surface area contributed by atoms with Gasteiger partial charge >= 0.3 is 5.97 Å². The van der Waals surface area contributed by atoms with Crippen molar-refractivity contribution >= 4 is 5.97 Å². The monoisotopic (exact) mass is 440 g/mol. The largest absolute Gasteiger partial charge is 0.493 e. The minimum atomic E-state index is -4.35. The summed E-state index contributed by atoms with van der Waals surface area (Å²) in [5, 5.41) is 0. The average Bonchev–Trinajstić information content (AvgIpc) is 2.91. The Morgan fingerprint density at radius 1 is 1.40 bits per heavy atom. The zero-order chi connectivity index (χ0) is 41.2. The second-order valence-electron chi connectivity index (χ2n) is 6.98. The van der Waals surface area contributed by atoms with Crippen molar-refractivity contribution < 1.29 is 49.2 Å². The number of carbonyl (C=O) groups is 1. The lowest BCUT2D eigenvalue weighted by atomic mass is 9.79. The number of carbonyl (C=O) groups excluding carboxylic acids is 1. The van der Waals surface area contributed by atoms with Crippen LogP contribution in [0.3, 0.4) is 0 Å². The van der Waals surface area contributed by atoms with Crippen LogP contribution in [0.15, 0.2) is 12.1 Å². The molecule has 2 heterocycles. The van der Waals surface area contributed by atoms with E-state index in [4.69, 9.17) is 41.9 Å². The normalized spacial score (nSPS) is 51.0. The number of nitrogens with two attached hydrogens (primary N) is 1. The van der Waals surface area contributed by atoms with Gasteiger partial charge in [0, 0.05) is 51.8 Å². The fourth-order valence-corrected chi connectivity index (χ4v) is 2.76. The molecule has 2 N–H and O–H groups in total. The average molecular weight is 441 g/mol. The number of benzene rings is 1. The van der Waals surface area contributed by atoms with Crippen LogP contribution in [0.1, 0.15) is 87.7 Å². The molecule has 0 amide bonds. The first-order valence-corrected chi connectivity index (χ1v) is 8.97. The lowest BCUT2D eigenvalue weighted by molar-refractivity contribution is -0.160. The number of hydrogen-bond donors (Lipinski definition) is 1. The van der Waals surface area contributed by atoms with E-state index < -0.39 is 122 Å². The van der Waals surface area contributed by atoms with E-state index in [9.17, 15) is 13.0 Å². The van der Waals surface area contributed by atoms with E-state index in [0.717, 1.165) is 0 Å². The first-order valence-electron chi connectivity index (χ1n) is 20.0. The topological polar surface area (TPSA) is 74.0 Å². The van der Waals surface area contributed by atoms with Gasteiger partial charge in [-0.05, 0) is 47.8 Å². The number of nitrogens with zero attached hydrogens (tertiary/aromatic N) is 1. The number of methoxy groups -OCH3 is 2. The Balaban J connectivity index is 2.68. The molecule has 6 nitrogen and oxygen atoms in total. The summed E-state index contributed by atoms with van der Waals surface area (Å²) >= 11 is 0. The maximum absolute atomic E-state index is 13.4. The van der Waals surface area contributed by atoms with E-state index in [1.165, 1.54) is 13.8 Å². The van der Waals surface area contributed by atoms with Crippen LogP contribution in [-0.4, -0.2) is 50.1 Å². The van der Waals surface area contributed by atoms with Gasteiger partial charge in [0.2, 0.25) is 0 Å². The smallest absolute Gasteiger partial charge is 0.323 e. The summed E-state index contributed by atoms with van der Waals surface area (Å²) in [4.78, 5) is 12.8. The molecule has 4 unspecified atom stereocenters. The third-order valence-electron chi connectivity index (χ3n) is 4.39. The van der Waals surface area contributed by atoms with Gasteiger partial charge in [0.25, 0.3) is 0 Å². The van der Waals surface area contributed by atoms with Gasteiger partial charge in [0.1, 0.15) is 12.1 Å². The standard InChI is InChI=1S/C24H38N2O4/c1-14(2)9-17-13-26-8-7-16-10-21(28-5)22(29-6)11-18(16)19(26)12-20(17)30-24(27)23(25)15(3)4/h10-11,14-15,17,19-20,23H,7-9,12-13,25H2,1-6H3/t17?,19?,20?,23-/m0/s1/i1D3,5D3,6D3,7D2,8D2,9D2,12D2,13D2,14D,17D,19D/t14?,17?,19?,20?,23-. The Labute approximate surface area is 211 Å². The van der Waals surface area contributed by atoms with Gasteiger partial charge in [-0.2, -0.15) is 0 Å². The summed E-state index contributed by atoms with van der Waals surface area (Å²) in [5.41, 5.74) is 3.57. The van der Waals surface area contributed by atoms with Gasteiger partial charge in [-0.3, -0.25) is 9.69 Å². The summed E-state index contributed by atoms with van der Waals surface area (Å²) in [5.74, 6) is -12.5. The van der Waals surface area contributed by atoms with Crippen molar-refractivity contribution in [3.05, 3.63) is 23.3 Å². The van der Waals surface area contributed by atoms with Gasteiger partial charge in [-0.25, -0.2) is 0 Å². The second kappa shape index (κ2) is 9.56. The summed E-state index contributed by atoms with van der Waals surface area (Å²) in [6, 6.07) is -4.80. The van der Waals surface area contributed by atoms with E-state index in [1.54, 1.807) is 0 Å². The van der Waals surface area contributed by atoms with Gasteiger partial charge < -0.3 is 19.9 Å². The van der Waals surface area contributed by atoms with Crippen LogP contribution in [0, 0.1) is 17.7 Å². The maximum Gasteiger partial charge on any atom is 0.323 e. The first-order chi connectivity index (χ1) is 22.6. The van der Waals surface area contributed by atoms with Crippen molar-refractivity contribution in [1.82, 2.24) is 4.90 Å². The fraction of sp³-hybridized carbons (Fsp3) is 0.708. The molecule has 1 aromatic carbocycles. The number of esters is 1. The van der Waals surface area contributed by atoms with Crippen LogP contribution in [0.2, 0.25) is 0 Å². The van der Waals surface area contributed by atoms with Crippen molar-refractivity contribution in [2.75, 3.05) is 27.1 Å². The number of hydrogen-bond acceptors (Lipinski definition) is 6. The van der Waals surface area contributed by atoms with Crippen LogP contribution in [0.25, 0.3) is 0 Å². The molecule has 1 fully saturated rings. The molecule has 6 heteroatoms. The third kappa shape index (κ3) is 4.75. The molecule has 1 saturated heterocycles. The molecule has 0 aliphatic carbocycles. The zero-order valence-corrected chi connectivity index (χ0v) is 16.5. The molecule has 3 rings (SSSR count). The number of piperidine rings is 1. The zero-order valence-electron chi connectivity index (χ0n) is 38.5. The van der Waals surface area contributed by atoms with Crippen LogP contribution in [0.5, 0.6) is 11.5 Å². The predicted molar refractivity (Wildman–Crippen MR) is 118 cm³/mol. The van der Waals surface area contributed by atoms with Crippen LogP contribution < -0.4 is 15.2 Å². The van der Waals surface area contributed by atoms with Gasteiger partial charge in [-0.1, -0.05) is 27.6 Å². The maximum atomic E-state index is 13.4. The highest BCUT2D eigenvalue weighted by Gasteiger charge is 2.41. The Kier molecular flexibility index (Phi) is 2.44. The minimum Gasteiger partial charge on any atom is -0.493 e. The third-order valence-corrected chi connectivity index (χ3v) is 4.39. The van der Waals surface area contributed by atoms with E-state index >= 15 is 0 Å². The van der Waals surface area contributed by atoms with Crippen molar-refractivity contribution in [2.24, 2.45) is 23.4 Å². The van der Waals surface area contributed by atoms with Crippen molar-refractivity contribution in [2.45, 2.75) is 64.9 Å². The molecule has 168 valence electrons. The Morgan fingerprint density at radius 3 is 2.80 bits per heavy atom. The lowest BCUT2D eigenvalue weighted by Crippen LogP contribution is -2.51. The van der Waals surface area contributed by atoms with E-state index in [2.05, 4.69) is 0 Å². The SMILES string of the molecule is [2H]C([2H])([2H])Oc1cc2c(cc1OC([2H])([2H])[2H])C1([2H])N(C([2H])([2H])C2([2H])[2H])C([2H])([2H])C([2H])(C([2H])([2H])C([2H])(C)C([2H])([2H])[2H])C(OC(=O)[C@@H](N)C(C)C)C1([2H])[2H]. The number of fused-ring (bicyclic) bond motifs is 3. The van der Waals surface area contributed by atoms with E-state index in [-0.39, 0.29) is 0 Å². The van der Waals surface area contributed by atoms with Crippen LogP contribution in [0.4, 0.5) is 0 Å². The number of aryl methyl sites for hydroxylation is 1. The second-order valence-corrected chi connectivity index (χ2v) is 6.98. The Bertz CT molecular complexity index is 1570. The molecule has 30 heavy (non-hydrogen) atoms. The molecule has 0 aromatic heterocycles. The molecular formula is C24H38N2O4. The molecule has 2 aliphatic heterocycles. The van der Waals surface area contributed by atoms with E-state index in [1.807, 2.05) is 0 Å². The Morgan fingerprint density at radius 2 is 2.13 bits per heavy atom. The van der Waals surface area contributed by atoms with Crippen molar-refractivity contribution in [1.29, 1.82) is 0 Å². The summed E-state index contributed by atoms with van der Waals surface area (Å²) in [6.45, 7) is -9.00. The minimum absolute atomic E-state index is 0.366. The quantitative estimate of drug-likeness (QED) is 0.654. The highest BCUT2D eigenvalue weighted by molar-refractivity contribution is 5.76. The molecular weight excluding hydrogens is 380 g/mol. The van der Waals surface area contributed by atoms with Gasteiger partial charge in [0.05, 0.1) is 23.7 Å². The van der Waals surface area contributed by atoms with Crippen molar-refractivity contribution in [3.63, 3.8) is 0 Å². The summed E-state index contributed by atoms with van der Waals surface area (Å²) in [7, 11) is -6.83. The molecule has 1 aromatic rings.